The summed E-state index contributed by atoms with van der Waals surface area (Å²) in [6, 6.07) is 15.5. The van der Waals surface area contributed by atoms with E-state index in [0.717, 1.165) is 11.1 Å². The fourth-order valence-electron chi connectivity index (χ4n) is 2.81. The summed E-state index contributed by atoms with van der Waals surface area (Å²) in [4.78, 5) is 28.8. The Bertz CT molecular complexity index is 1070. The number of rotatable bonds is 3. The van der Waals surface area contributed by atoms with Crippen LogP contribution >= 0.6 is 0 Å². The number of ether oxygens (including phenoxy) is 2. The Morgan fingerprint density at radius 3 is 2.63 bits per heavy atom. The van der Waals surface area contributed by atoms with E-state index in [9.17, 15) is 9.59 Å². The number of Topliss-reactive ketones (excluding diaryl/α,β-unsaturated/α-hetero) is 1. The number of hydrogen-bond donors (Lipinski definition) is 0. The van der Waals surface area contributed by atoms with Gasteiger partial charge in [-0.25, -0.2) is 4.79 Å². The molecule has 2 heterocycles. The zero-order valence-corrected chi connectivity index (χ0v) is 14.5. The third-order valence-corrected chi connectivity index (χ3v) is 4.22. The van der Waals surface area contributed by atoms with E-state index in [1.165, 1.54) is 0 Å². The van der Waals surface area contributed by atoms with Crippen LogP contribution in [-0.4, -0.2) is 16.7 Å². The molecule has 2 aromatic carbocycles. The molecule has 0 saturated carbocycles. The lowest BCUT2D eigenvalue weighted by Crippen LogP contribution is -2.10. The van der Waals surface area contributed by atoms with E-state index < -0.39 is 5.97 Å². The third-order valence-electron chi connectivity index (χ3n) is 4.22. The number of aromatic nitrogens is 1. The minimum Gasteiger partial charge on any atom is -0.452 e. The fraction of sp³-hybridized carbons (Fsp3) is 0.0455. The number of fused-ring (bicyclic) bond motifs is 1. The fourth-order valence-corrected chi connectivity index (χ4v) is 2.81. The normalized spacial score (nSPS) is 14.0. The van der Waals surface area contributed by atoms with E-state index in [-0.39, 0.29) is 11.5 Å². The maximum absolute atomic E-state index is 12.5. The maximum Gasteiger partial charge on any atom is 0.343 e. The topological polar surface area (TPSA) is 65.5 Å². The van der Waals surface area contributed by atoms with Gasteiger partial charge in [0.05, 0.1) is 11.1 Å². The third kappa shape index (κ3) is 3.35. The molecule has 0 saturated heterocycles. The summed E-state index contributed by atoms with van der Waals surface area (Å²) in [6.07, 6.45) is 4.94. The van der Waals surface area contributed by atoms with E-state index in [4.69, 9.17) is 9.47 Å². The first-order valence-corrected chi connectivity index (χ1v) is 8.38. The van der Waals surface area contributed by atoms with Crippen LogP contribution in [0.3, 0.4) is 0 Å². The number of carbonyl (C=O) groups is 2. The van der Waals surface area contributed by atoms with Crippen LogP contribution in [0.2, 0.25) is 0 Å². The van der Waals surface area contributed by atoms with Crippen LogP contribution in [0, 0.1) is 6.92 Å². The number of pyridine rings is 1. The Labute approximate surface area is 155 Å². The van der Waals surface area contributed by atoms with Crippen molar-refractivity contribution in [2.24, 2.45) is 0 Å². The van der Waals surface area contributed by atoms with Crippen molar-refractivity contribution in [3.63, 3.8) is 0 Å². The summed E-state index contributed by atoms with van der Waals surface area (Å²) >= 11 is 0. The Kier molecular flexibility index (Phi) is 4.26. The molecule has 0 radical (unpaired) electrons. The lowest BCUT2D eigenvalue weighted by molar-refractivity contribution is 0.0733. The van der Waals surface area contributed by atoms with Gasteiger partial charge in [-0.2, -0.15) is 0 Å². The molecule has 0 fully saturated rings. The molecular weight excluding hydrogens is 342 g/mol. The first kappa shape index (κ1) is 16.7. The number of hydrogen-bond acceptors (Lipinski definition) is 5. The highest BCUT2D eigenvalue weighted by molar-refractivity contribution is 6.14. The molecule has 0 bridgehead atoms. The Balaban J connectivity index is 1.57. The van der Waals surface area contributed by atoms with Crippen LogP contribution in [0.25, 0.3) is 6.08 Å². The SMILES string of the molecule is Cc1ccccc1C(=O)Oc1ccc2c(c1)OC(=Cc1ccncc1)C2=O. The summed E-state index contributed by atoms with van der Waals surface area (Å²) in [5.74, 6) is 0.248. The van der Waals surface area contributed by atoms with Crippen LogP contribution in [0.5, 0.6) is 11.5 Å². The van der Waals surface area contributed by atoms with Gasteiger partial charge in [0.1, 0.15) is 11.5 Å². The molecule has 5 nitrogen and oxygen atoms in total. The van der Waals surface area contributed by atoms with E-state index in [1.54, 1.807) is 60.9 Å². The molecule has 1 aliphatic heterocycles. The predicted octanol–water partition coefficient (Wildman–Crippen LogP) is 4.23. The second kappa shape index (κ2) is 6.88. The number of carbonyl (C=O) groups excluding carboxylic acids is 2. The van der Waals surface area contributed by atoms with Gasteiger partial charge in [0.2, 0.25) is 5.78 Å². The van der Waals surface area contributed by atoms with Crippen molar-refractivity contribution in [3.05, 3.63) is 95.0 Å². The van der Waals surface area contributed by atoms with E-state index in [2.05, 4.69) is 4.98 Å². The molecule has 27 heavy (non-hydrogen) atoms. The molecule has 4 rings (SSSR count). The van der Waals surface area contributed by atoms with Crippen LogP contribution in [0.4, 0.5) is 0 Å². The Hall–Kier alpha value is -3.73. The smallest absolute Gasteiger partial charge is 0.343 e. The number of benzene rings is 2. The number of allylic oxidation sites excluding steroid dienone is 1. The second-order valence-corrected chi connectivity index (χ2v) is 6.08. The predicted molar refractivity (Wildman–Crippen MR) is 99.8 cm³/mol. The minimum absolute atomic E-state index is 0.210. The lowest BCUT2D eigenvalue weighted by Gasteiger charge is -2.07. The molecule has 0 amide bonds. The molecule has 1 aromatic heterocycles. The average molecular weight is 357 g/mol. The monoisotopic (exact) mass is 357 g/mol. The van der Waals surface area contributed by atoms with Crippen molar-refractivity contribution < 1.29 is 19.1 Å². The zero-order chi connectivity index (χ0) is 18.8. The highest BCUT2D eigenvalue weighted by atomic mass is 16.5. The molecule has 3 aromatic rings. The van der Waals surface area contributed by atoms with Gasteiger partial charge in [0.15, 0.2) is 5.76 Å². The molecule has 0 unspecified atom stereocenters. The maximum atomic E-state index is 12.5. The van der Waals surface area contributed by atoms with Crippen molar-refractivity contribution in [1.29, 1.82) is 0 Å². The van der Waals surface area contributed by atoms with Crippen molar-refractivity contribution in [3.8, 4) is 11.5 Å². The molecular formula is C22H15NO4. The van der Waals surface area contributed by atoms with Crippen LogP contribution in [0.15, 0.2) is 72.8 Å². The molecule has 1 aliphatic rings. The van der Waals surface area contributed by atoms with Crippen molar-refractivity contribution in [2.75, 3.05) is 0 Å². The van der Waals surface area contributed by atoms with Gasteiger partial charge < -0.3 is 9.47 Å². The van der Waals surface area contributed by atoms with E-state index >= 15 is 0 Å². The zero-order valence-electron chi connectivity index (χ0n) is 14.5. The quantitative estimate of drug-likeness (QED) is 0.399. The average Bonchev–Trinajstić information content (AvgIpc) is 2.98. The van der Waals surface area contributed by atoms with Crippen LogP contribution < -0.4 is 9.47 Å². The van der Waals surface area contributed by atoms with Gasteiger partial charge >= 0.3 is 5.97 Å². The van der Waals surface area contributed by atoms with Gasteiger partial charge in [-0.1, -0.05) is 18.2 Å². The number of ketones is 1. The van der Waals surface area contributed by atoms with Gasteiger partial charge in [-0.05, 0) is 54.5 Å². The molecule has 0 spiro atoms. The summed E-state index contributed by atoms with van der Waals surface area (Å²) in [7, 11) is 0. The first-order chi connectivity index (χ1) is 13.1. The van der Waals surface area contributed by atoms with Crippen molar-refractivity contribution in [2.45, 2.75) is 6.92 Å². The Morgan fingerprint density at radius 1 is 1.07 bits per heavy atom. The highest BCUT2D eigenvalue weighted by Crippen LogP contribution is 2.35. The Morgan fingerprint density at radius 2 is 1.85 bits per heavy atom. The number of nitrogens with zero attached hydrogens (tertiary/aromatic N) is 1. The van der Waals surface area contributed by atoms with Crippen molar-refractivity contribution >= 4 is 17.8 Å². The molecule has 5 heteroatoms. The van der Waals surface area contributed by atoms with Crippen molar-refractivity contribution in [1.82, 2.24) is 4.98 Å². The summed E-state index contributed by atoms with van der Waals surface area (Å²) in [6.45, 7) is 1.84. The van der Waals surface area contributed by atoms with Gasteiger partial charge in [0, 0.05) is 18.5 Å². The van der Waals surface area contributed by atoms with E-state index in [0.29, 0.717) is 22.6 Å². The highest BCUT2D eigenvalue weighted by Gasteiger charge is 2.28. The minimum atomic E-state index is -0.454. The standard InChI is InChI=1S/C22H15NO4/c1-14-4-2-3-5-17(14)22(25)26-16-6-7-18-19(13-16)27-20(21(18)24)12-15-8-10-23-11-9-15/h2-13H,1H3. The molecule has 132 valence electrons. The first-order valence-electron chi connectivity index (χ1n) is 8.38. The number of aryl methyl sites for hydroxylation is 1. The number of esters is 1. The van der Waals surface area contributed by atoms with Gasteiger partial charge in [0.25, 0.3) is 0 Å². The summed E-state index contributed by atoms with van der Waals surface area (Å²) in [5, 5.41) is 0. The van der Waals surface area contributed by atoms with Gasteiger partial charge in [-0.15, -0.1) is 0 Å². The van der Waals surface area contributed by atoms with E-state index in [1.807, 2.05) is 19.1 Å². The van der Waals surface area contributed by atoms with Crippen LogP contribution in [-0.2, 0) is 0 Å². The lowest BCUT2D eigenvalue weighted by atomic mass is 10.1. The molecule has 0 atom stereocenters. The van der Waals surface area contributed by atoms with Crippen LogP contribution in [0.1, 0.15) is 31.8 Å². The largest absolute Gasteiger partial charge is 0.452 e. The molecule has 0 N–H and O–H groups in total. The summed E-state index contributed by atoms with van der Waals surface area (Å²) in [5.41, 5.74) is 2.57. The molecule has 0 aliphatic carbocycles. The second-order valence-electron chi connectivity index (χ2n) is 6.08. The van der Waals surface area contributed by atoms with Gasteiger partial charge in [-0.3, -0.25) is 9.78 Å². The summed E-state index contributed by atoms with van der Waals surface area (Å²) < 4.78 is 11.1.